The van der Waals surface area contributed by atoms with E-state index in [-0.39, 0.29) is 17.2 Å². The monoisotopic (exact) mass is 460 g/mol. The Bertz CT molecular complexity index is 1300. The number of nitrogens with zero attached hydrogens (tertiary/aromatic N) is 3. The van der Waals surface area contributed by atoms with Gasteiger partial charge >= 0.3 is 0 Å². The summed E-state index contributed by atoms with van der Waals surface area (Å²) in [7, 11) is 0. The number of hydrogen-bond acceptors (Lipinski definition) is 6. The van der Waals surface area contributed by atoms with Gasteiger partial charge in [0.05, 0.1) is 22.3 Å². The molecular weight excluding hydrogens is 447 g/mol. The van der Waals surface area contributed by atoms with E-state index in [1.54, 1.807) is 55.5 Å². The summed E-state index contributed by atoms with van der Waals surface area (Å²) >= 11 is 13.2. The average Bonchev–Trinajstić information content (AvgIpc) is 3.11. The summed E-state index contributed by atoms with van der Waals surface area (Å²) in [5.41, 5.74) is 0.769. The van der Waals surface area contributed by atoms with Crippen LogP contribution in [0.15, 0.2) is 63.0 Å². The number of hydrogen-bond donors (Lipinski definition) is 1. The minimum atomic E-state index is -0.309. The van der Waals surface area contributed by atoms with Crippen LogP contribution in [0.3, 0.4) is 0 Å². The molecule has 7 nitrogen and oxygen atoms in total. The minimum absolute atomic E-state index is 0.0119. The third-order valence-electron chi connectivity index (χ3n) is 4.11. The highest BCUT2D eigenvalue weighted by Gasteiger charge is 2.16. The molecule has 0 aliphatic carbocycles. The van der Waals surface area contributed by atoms with E-state index >= 15 is 0 Å². The van der Waals surface area contributed by atoms with Crippen molar-refractivity contribution in [3.63, 3.8) is 0 Å². The Labute approximate surface area is 185 Å². The molecule has 0 saturated heterocycles. The first-order valence-electron chi connectivity index (χ1n) is 8.75. The summed E-state index contributed by atoms with van der Waals surface area (Å²) in [4.78, 5) is 30.1. The lowest BCUT2D eigenvalue weighted by molar-refractivity contribution is -0.113. The number of anilines is 1. The maximum Gasteiger partial charge on any atom is 0.266 e. The van der Waals surface area contributed by atoms with Gasteiger partial charge in [-0.2, -0.15) is 0 Å². The predicted molar refractivity (Wildman–Crippen MR) is 118 cm³/mol. The second-order valence-corrected chi connectivity index (χ2v) is 8.15. The van der Waals surface area contributed by atoms with E-state index in [4.69, 9.17) is 27.7 Å². The van der Waals surface area contributed by atoms with Crippen molar-refractivity contribution in [3.8, 4) is 5.69 Å². The molecule has 0 bridgehead atoms. The zero-order chi connectivity index (χ0) is 21.3. The fourth-order valence-corrected chi connectivity index (χ4v) is 3.89. The van der Waals surface area contributed by atoms with Crippen molar-refractivity contribution in [1.29, 1.82) is 0 Å². The Hall–Kier alpha value is -2.81. The maximum atomic E-state index is 13.2. The highest BCUT2D eigenvalue weighted by molar-refractivity contribution is 7.99. The summed E-state index contributed by atoms with van der Waals surface area (Å²) in [6.07, 6.45) is 0. The second-order valence-electron chi connectivity index (χ2n) is 6.33. The van der Waals surface area contributed by atoms with Crippen molar-refractivity contribution in [2.24, 2.45) is 0 Å². The lowest BCUT2D eigenvalue weighted by Crippen LogP contribution is -2.23. The number of halogens is 2. The normalized spacial score (nSPS) is 11.0. The minimum Gasteiger partial charge on any atom is -0.360 e. The van der Waals surface area contributed by atoms with E-state index in [0.717, 1.165) is 11.8 Å². The number of carbonyl (C=O) groups is 1. The van der Waals surface area contributed by atoms with Gasteiger partial charge in [0.15, 0.2) is 11.0 Å². The van der Waals surface area contributed by atoms with E-state index in [9.17, 15) is 9.59 Å². The molecule has 0 spiro atoms. The van der Waals surface area contributed by atoms with Gasteiger partial charge in [-0.05, 0) is 49.4 Å². The Balaban J connectivity index is 1.71. The van der Waals surface area contributed by atoms with Gasteiger partial charge in [0, 0.05) is 16.1 Å². The molecule has 2 aromatic carbocycles. The molecule has 0 fully saturated rings. The number of aryl methyl sites for hydroxylation is 1. The molecule has 0 aliphatic heterocycles. The van der Waals surface area contributed by atoms with Crippen LogP contribution in [0.1, 0.15) is 5.76 Å². The molecule has 10 heteroatoms. The van der Waals surface area contributed by atoms with Crippen LogP contribution in [0, 0.1) is 6.92 Å². The Morgan fingerprint density at radius 1 is 1.13 bits per heavy atom. The molecule has 1 amide bonds. The van der Waals surface area contributed by atoms with Gasteiger partial charge in [-0.15, -0.1) is 0 Å². The van der Waals surface area contributed by atoms with Crippen LogP contribution >= 0.6 is 35.0 Å². The third-order valence-corrected chi connectivity index (χ3v) is 5.54. The van der Waals surface area contributed by atoms with E-state index in [0.29, 0.717) is 43.4 Å². The summed E-state index contributed by atoms with van der Waals surface area (Å²) in [6, 6.07) is 13.3. The van der Waals surface area contributed by atoms with Gasteiger partial charge in [0.25, 0.3) is 5.56 Å². The topological polar surface area (TPSA) is 90.0 Å². The lowest BCUT2D eigenvalue weighted by atomic mass is 10.2. The van der Waals surface area contributed by atoms with Gasteiger partial charge < -0.3 is 9.84 Å². The fraction of sp³-hybridized carbons (Fsp3) is 0.100. The van der Waals surface area contributed by atoms with Crippen LogP contribution < -0.4 is 10.9 Å². The Kier molecular flexibility index (Phi) is 5.80. The van der Waals surface area contributed by atoms with E-state index in [2.05, 4.69) is 15.5 Å². The van der Waals surface area contributed by atoms with Crippen LogP contribution in [-0.4, -0.2) is 26.4 Å². The summed E-state index contributed by atoms with van der Waals surface area (Å²) in [5.74, 6) is 0.614. The number of aromatic nitrogens is 3. The number of amides is 1. The quantitative estimate of drug-likeness (QED) is 0.342. The van der Waals surface area contributed by atoms with Gasteiger partial charge in [0.1, 0.15) is 5.76 Å². The molecular formula is C20H14Cl2N4O3S. The fourth-order valence-electron chi connectivity index (χ4n) is 2.79. The molecule has 0 saturated carbocycles. The van der Waals surface area contributed by atoms with Crippen molar-refractivity contribution >= 4 is 57.6 Å². The zero-order valence-electron chi connectivity index (χ0n) is 15.6. The van der Waals surface area contributed by atoms with Gasteiger partial charge in [0.2, 0.25) is 5.91 Å². The van der Waals surface area contributed by atoms with E-state index < -0.39 is 0 Å². The number of rotatable bonds is 5. The van der Waals surface area contributed by atoms with Gasteiger partial charge in [-0.1, -0.05) is 40.1 Å². The standard InChI is InChI=1S/C20H14Cl2N4O3S/c1-11-8-17(25-29-11)24-18(27)10-30-20-23-16-9-13(22)4-7-15(16)19(28)26(20)14-5-2-12(21)3-6-14/h2-9H,10H2,1H3,(H,24,25,27). The SMILES string of the molecule is Cc1cc(NC(=O)CSc2nc3cc(Cl)ccc3c(=O)n2-c2ccc(Cl)cc2)no1. The number of thioether (sulfide) groups is 1. The Morgan fingerprint density at radius 2 is 1.87 bits per heavy atom. The first-order chi connectivity index (χ1) is 14.4. The van der Waals surface area contributed by atoms with Gasteiger partial charge in [-0.25, -0.2) is 4.98 Å². The highest BCUT2D eigenvalue weighted by atomic mass is 35.5. The molecule has 4 rings (SSSR count). The van der Waals surface area contributed by atoms with E-state index in [1.165, 1.54) is 4.57 Å². The number of nitrogens with one attached hydrogen (secondary N) is 1. The molecule has 30 heavy (non-hydrogen) atoms. The van der Waals surface area contributed by atoms with Crippen molar-refractivity contribution in [2.45, 2.75) is 12.1 Å². The van der Waals surface area contributed by atoms with E-state index in [1.807, 2.05) is 0 Å². The second kappa shape index (κ2) is 8.51. The smallest absolute Gasteiger partial charge is 0.266 e. The first kappa shape index (κ1) is 20.5. The van der Waals surface area contributed by atoms with Crippen molar-refractivity contribution in [2.75, 3.05) is 11.1 Å². The van der Waals surface area contributed by atoms with Crippen molar-refractivity contribution in [1.82, 2.24) is 14.7 Å². The van der Waals surface area contributed by atoms with Crippen LogP contribution in [0.4, 0.5) is 5.82 Å². The molecule has 0 unspecified atom stereocenters. The predicted octanol–water partition coefficient (Wildman–Crippen LogP) is 4.72. The average molecular weight is 461 g/mol. The molecule has 1 N–H and O–H groups in total. The zero-order valence-corrected chi connectivity index (χ0v) is 17.9. The van der Waals surface area contributed by atoms with Crippen LogP contribution in [-0.2, 0) is 4.79 Å². The van der Waals surface area contributed by atoms with Crippen LogP contribution in [0.2, 0.25) is 10.0 Å². The number of fused-ring (bicyclic) bond motifs is 1. The number of carbonyl (C=O) groups excluding carboxylic acids is 1. The van der Waals surface area contributed by atoms with Crippen LogP contribution in [0.25, 0.3) is 16.6 Å². The molecule has 152 valence electrons. The number of benzene rings is 2. The molecule has 0 atom stereocenters. The maximum absolute atomic E-state index is 13.2. The Morgan fingerprint density at radius 3 is 2.57 bits per heavy atom. The summed E-state index contributed by atoms with van der Waals surface area (Å²) in [6.45, 7) is 1.73. The molecule has 4 aromatic rings. The largest absolute Gasteiger partial charge is 0.360 e. The molecule has 0 aliphatic rings. The van der Waals surface area contributed by atoms with Crippen molar-refractivity contribution < 1.29 is 9.32 Å². The van der Waals surface area contributed by atoms with Crippen LogP contribution in [0.5, 0.6) is 0 Å². The summed E-state index contributed by atoms with van der Waals surface area (Å²) in [5, 5.41) is 8.16. The molecule has 2 heterocycles. The molecule has 2 aromatic heterocycles. The highest BCUT2D eigenvalue weighted by Crippen LogP contribution is 2.24. The lowest BCUT2D eigenvalue weighted by Gasteiger charge is -2.13. The first-order valence-corrected chi connectivity index (χ1v) is 10.5. The summed E-state index contributed by atoms with van der Waals surface area (Å²) < 4.78 is 6.39. The molecule has 0 radical (unpaired) electrons. The van der Waals surface area contributed by atoms with Crippen molar-refractivity contribution in [3.05, 3.63) is 74.7 Å². The third kappa shape index (κ3) is 4.35. The van der Waals surface area contributed by atoms with Gasteiger partial charge in [-0.3, -0.25) is 14.2 Å².